The van der Waals surface area contributed by atoms with E-state index < -0.39 is 91.9 Å². The first-order chi connectivity index (χ1) is 27.0. The van der Waals surface area contributed by atoms with Crippen LogP contribution in [-0.4, -0.2) is 158 Å². The zero-order valence-corrected chi connectivity index (χ0v) is 31.9. The monoisotopic (exact) mass is 805 g/mol. The Hall–Kier alpha value is -3.74. The number of ether oxygens (including phenoxy) is 12. The van der Waals surface area contributed by atoms with Gasteiger partial charge in [0.15, 0.2) is 43.1 Å². The van der Waals surface area contributed by atoms with E-state index in [0.29, 0.717) is 11.5 Å². The van der Waals surface area contributed by atoms with Crippen molar-refractivity contribution < 1.29 is 95.6 Å². The predicted molar refractivity (Wildman–Crippen MR) is 182 cm³/mol. The number of fused-ring (bicyclic) bond motifs is 16. The van der Waals surface area contributed by atoms with Gasteiger partial charge in [-0.15, -0.1) is 0 Å². The number of hydrogen-bond acceptors (Lipinski definition) is 21. The van der Waals surface area contributed by atoms with Crippen LogP contribution in [0.4, 0.5) is 0 Å². The molecule has 1 aromatic carbocycles. The molecule has 2 saturated heterocycles. The number of hydrogen-bond donors (Lipinski definition) is 1. The van der Waals surface area contributed by atoms with Crippen LogP contribution in [0.5, 0.6) is 11.5 Å². The van der Waals surface area contributed by atoms with E-state index in [2.05, 4.69) is 0 Å². The minimum atomic E-state index is -1.63. The van der Waals surface area contributed by atoms with E-state index in [-0.39, 0.29) is 59.4 Å². The summed E-state index contributed by atoms with van der Waals surface area (Å²) in [6.07, 6.45) is -13.5. The number of carbonyl (C=O) groups is 4. The number of nitrogens with two attached hydrogens (primary N) is 1. The molecule has 1 aromatic rings. The molecule has 0 amide bonds. The fourth-order valence-electron chi connectivity index (χ4n) is 5.80. The van der Waals surface area contributed by atoms with Gasteiger partial charge in [0.2, 0.25) is 0 Å². The molecule has 0 saturated carbocycles. The van der Waals surface area contributed by atoms with Crippen LogP contribution < -0.4 is 15.2 Å². The van der Waals surface area contributed by atoms with E-state index in [1.807, 2.05) is 0 Å². The number of rotatable bonds is 9. The Morgan fingerprint density at radius 1 is 0.607 bits per heavy atom. The third-order valence-electron chi connectivity index (χ3n) is 8.09. The average Bonchev–Trinajstić information content (AvgIpc) is 3.15. The molecule has 2 fully saturated rings. The lowest BCUT2D eigenvalue weighted by Gasteiger charge is -2.48. The molecular weight excluding hydrogens is 754 g/mol. The Labute approximate surface area is 323 Å². The molecule has 5 rings (SSSR count). The fraction of sp³-hybridized carbons (Fsp3) is 0.714. The highest BCUT2D eigenvalue weighted by Gasteiger charge is 2.57. The molecule has 0 spiro atoms. The Morgan fingerprint density at radius 2 is 1.11 bits per heavy atom. The van der Waals surface area contributed by atoms with Crippen molar-refractivity contribution in [3.8, 4) is 11.5 Å². The molecule has 4 heterocycles. The number of carbonyl (C=O) groups excluding carboxylic acids is 4. The Balaban J connectivity index is 1.61. The van der Waals surface area contributed by atoms with E-state index in [0.717, 1.165) is 27.7 Å². The van der Waals surface area contributed by atoms with Gasteiger partial charge in [-0.2, -0.15) is 0 Å². The van der Waals surface area contributed by atoms with Crippen LogP contribution in [0, 0.1) is 0 Å². The lowest BCUT2D eigenvalue weighted by Crippen LogP contribution is -2.67. The van der Waals surface area contributed by atoms with E-state index in [4.69, 9.17) is 82.1 Å². The van der Waals surface area contributed by atoms with E-state index in [1.165, 1.54) is 7.11 Å². The smallest absolute Gasteiger partial charge is 0.303 e. The molecule has 0 radical (unpaired) electrons. The molecule has 10 atom stereocenters. The summed E-state index contributed by atoms with van der Waals surface area (Å²) < 4.78 is 68.7. The first-order valence-corrected chi connectivity index (χ1v) is 17.9. The second kappa shape index (κ2) is 23.5. The van der Waals surface area contributed by atoms with Gasteiger partial charge in [0.05, 0.1) is 26.4 Å². The van der Waals surface area contributed by atoms with Crippen molar-refractivity contribution in [2.75, 3.05) is 73.1 Å². The number of methoxy groups -OCH3 is 1. The van der Waals surface area contributed by atoms with Crippen molar-refractivity contribution in [3.05, 3.63) is 24.3 Å². The lowest BCUT2D eigenvalue weighted by atomic mass is 9.96. The molecule has 56 heavy (non-hydrogen) atoms. The summed E-state index contributed by atoms with van der Waals surface area (Å²) in [5, 5.41) is 0. The van der Waals surface area contributed by atoms with Crippen LogP contribution in [0.25, 0.3) is 0 Å². The Bertz CT molecular complexity index is 1370. The van der Waals surface area contributed by atoms with Crippen molar-refractivity contribution >= 4 is 23.9 Å². The standard InChI is InChI=1S/C35H51NO20/c1-20(37)46-19-27-29(49-21(2)38)30(50-22(3)39)32(51-23(4)40)35(53-27)54-28-26(18-36)52-34(41-5)33-31(28)55-47-16-12-42-10-14-44-24-6-8-25(9-7-24)45-15-11-43-13-17-48-56-33/h6-9,26-35H,10-19,36H2,1-5H3/t26-,27-,28-,29+,30+,31+,32-,33-,34+,35+/m1/s1. The van der Waals surface area contributed by atoms with Crippen LogP contribution in [0.1, 0.15) is 27.7 Å². The normalized spacial score (nSPS) is 31.1. The molecular formula is C35H51NO20. The molecule has 4 aliphatic heterocycles. The van der Waals surface area contributed by atoms with Gasteiger partial charge < -0.3 is 62.6 Å². The van der Waals surface area contributed by atoms with Gasteiger partial charge in [0, 0.05) is 41.3 Å². The summed E-state index contributed by atoms with van der Waals surface area (Å²) in [5.41, 5.74) is 6.16. The predicted octanol–water partition coefficient (Wildman–Crippen LogP) is -0.0771. The zero-order valence-electron chi connectivity index (χ0n) is 31.9. The maximum absolute atomic E-state index is 12.5. The Kier molecular flexibility index (Phi) is 18.9. The van der Waals surface area contributed by atoms with E-state index >= 15 is 0 Å². The summed E-state index contributed by atoms with van der Waals surface area (Å²) in [4.78, 5) is 71.6. The topological polar surface area (TPSA) is 242 Å². The summed E-state index contributed by atoms with van der Waals surface area (Å²) >= 11 is 0. The Morgan fingerprint density at radius 3 is 1.62 bits per heavy atom. The van der Waals surface area contributed by atoms with Crippen LogP contribution in [0.2, 0.25) is 0 Å². The van der Waals surface area contributed by atoms with Gasteiger partial charge in [-0.3, -0.25) is 19.2 Å². The van der Waals surface area contributed by atoms with Crippen molar-refractivity contribution in [1.82, 2.24) is 0 Å². The van der Waals surface area contributed by atoms with Crippen molar-refractivity contribution in [1.29, 1.82) is 0 Å². The third kappa shape index (κ3) is 14.0. The number of esters is 4. The molecule has 21 heteroatoms. The van der Waals surface area contributed by atoms with Crippen molar-refractivity contribution in [2.45, 2.75) is 89.1 Å². The molecule has 0 aromatic heterocycles. The molecule has 2 N–H and O–H groups in total. The average molecular weight is 806 g/mol. The van der Waals surface area contributed by atoms with Crippen LogP contribution in [-0.2, 0) is 86.1 Å². The first-order valence-electron chi connectivity index (χ1n) is 17.9. The largest absolute Gasteiger partial charge is 0.491 e. The quantitative estimate of drug-likeness (QED) is 0.149. The van der Waals surface area contributed by atoms with Crippen LogP contribution in [0.3, 0.4) is 0 Å². The lowest BCUT2D eigenvalue weighted by molar-refractivity contribution is -0.458. The van der Waals surface area contributed by atoms with Crippen LogP contribution >= 0.6 is 0 Å². The van der Waals surface area contributed by atoms with Crippen molar-refractivity contribution in [2.24, 2.45) is 5.73 Å². The number of benzene rings is 1. The summed E-state index contributed by atoms with van der Waals surface area (Å²) in [5.74, 6) is -1.88. The first kappa shape index (κ1) is 45.0. The molecule has 316 valence electrons. The van der Waals surface area contributed by atoms with Gasteiger partial charge in [-0.25, -0.2) is 19.6 Å². The van der Waals surface area contributed by atoms with E-state index in [9.17, 15) is 19.2 Å². The highest BCUT2D eigenvalue weighted by atomic mass is 17.2. The van der Waals surface area contributed by atoms with Crippen molar-refractivity contribution in [3.63, 3.8) is 0 Å². The molecule has 21 nitrogen and oxygen atoms in total. The molecule has 4 aliphatic rings. The highest BCUT2D eigenvalue weighted by Crippen LogP contribution is 2.35. The fourth-order valence-corrected chi connectivity index (χ4v) is 5.80. The molecule has 0 aliphatic carbocycles. The SMILES string of the molecule is CO[C@H]1O[C@H](CN)[C@@H](O[C@@H]2O[C@H](COC(C)=O)[C@H](OC(C)=O)[C@H](OC(C)=O)[C@H]2OC(C)=O)[C@@H]2OOCCOCCOc3ccc(cc3)OCCOCCOO[C@@H]12. The minimum absolute atomic E-state index is 0.0497. The second-order valence-corrected chi connectivity index (χ2v) is 12.3. The van der Waals surface area contributed by atoms with Gasteiger partial charge in [-0.1, -0.05) is 0 Å². The summed E-state index contributed by atoms with van der Waals surface area (Å²) in [6.45, 7) is 4.83. The summed E-state index contributed by atoms with van der Waals surface area (Å²) in [6, 6.07) is 7.11. The third-order valence-corrected chi connectivity index (χ3v) is 8.09. The zero-order chi connectivity index (χ0) is 40.5. The van der Waals surface area contributed by atoms with Gasteiger partial charge in [-0.05, 0) is 24.3 Å². The van der Waals surface area contributed by atoms with Crippen LogP contribution in [0.15, 0.2) is 24.3 Å². The summed E-state index contributed by atoms with van der Waals surface area (Å²) in [7, 11) is 1.36. The molecule has 0 unspecified atom stereocenters. The minimum Gasteiger partial charge on any atom is -0.491 e. The second-order valence-electron chi connectivity index (χ2n) is 12.3. The van der Waals surface area contributed by atoms with E-state index in [1.54, 1.807) is 24.3 Å². The molecule has 2 bridgehead atoms. The highest BCUT2D eigenvalue weighted by molar-refractivity contribution is 5.68. The maximum Gasteiger partial charge on any atom is 0.303 e. The van der Waals surface area contributed by atoms with Gasteiger partial charge in [0.1, 0.15) is 62.8 Å². The maximum atomic E-state index is 12.5. The van der Waals surface area contributed by atoms with Gasteiger partial charge in [0.25, 0.3) is 0 Å². The van der Waals surface area contributed by atoms with Gasteiger partial charge >= 0.3 is 23.9 Å².